The number of carboxylic acid groups (broad SMARTS) is 1. The summed E-state index contributed by atoms with van der Waals surface area (Å²) in [7, 11) is 0. The Morgan fingerprint density at radius 3 is 2.85 bits per heavy atom. The van der Waals surface area contributed by atoms with Gasteiger partial charge in [-0.3, -0.25) is 4.79 Å². The summed E-state index contributed by atoms with van der Waals surface area (Å²) in [6, 6.07) is 7.10. The van der Waals surface area contributed by atoms with Gasteiger partial charge >= 0.3 is 5.97 Å². The van der Waals surface area contributed by atoms with Crippen molar-refractivity contribution in [1.29, 1.82) is 0 Å². The number of rotatable bonds is 3. The highest BCUT2D eigenvalue weighted by Gasteiger charge is 2.35. The number of phenols is 1. The number of benzene rings is 1. The van der Waals surface area contributed by atoms with Gasteiger partial charge in [0.25, 0.3) is 0 Å². The second-order valence-corrected chi connectivity index (χ2v) is 5.33. The number of aliphatic carboxylic acids is 1. The Hall–Kier alpha value is -2.30. The summed E-state index contributed by atoms with van der Waals surface area (Å²) in [6.45, 7) is 3.12. The van der Waals surface area contributed by atoms with Crippen molar-refractivity contribution in [2.75, 3.05) is 18.0 Å². The lowest BCUT2D eigenvalue weighted by Gasteiger charge is -2.42. The summed E-state index contributed by atoms with van der Waals surface area (Å²) in [5.74, 6) is 0.0876. The van der Waals surface area contributed by atoms with Crippen molar-refractivity contribution < 1.29 is 15.0 Å². The third-order valence-corrected chi connectivity index (χ3v) is 4.03. The van der Waals surface area contributed by atoms with Crippen molar-refractivity contribution in [2.45, 2.75) is 6.92 Å². The van der Waals surface area contributed by atoms with E-state index in [1.807, 2.05) is 12.1 Å². The maximum absolute atomic E-state index is 11.0. The molecule has 20 heavy (non-hydrogen) atoms. The van der Waals surface area contributed by atoms with E-state index in [-0.39, 0.29) is 17.6 Å². The number of phenolic OH excluding ortho intramolecular Hbond substituents is 1. The SMILES string of the molecule is CC(C(=O)O)C1CN(c2nccc3ccc(O)cc23)C1. The van der Waals surface area contributed by atoms with Gasteiger partial charge in [-0.1, -0.05) is 13.0 Å². The molecule has 5 heteroatoms. The van der Waals surface area contributed by atoms with E-state index in [0.29, 0.717) is 13.1 Å². The molecule has 0 saturated carbocycles. The number of aromatic hydroxyl groups is 1. The first-order valence-corrected chi connectivity index (χ1v) is 6.62. The highest BCUT2D eigenvalue weighted by atomic mass is 16.4. The molecule has 1 aromatic carbocycles. The number of pyridine rings is 1. The van der Waals surface area contributed by atoms with Gasteiger partial charge in [0, 0.05) is 30.6 Å². The van der Waals surface area contributed by atoms with E-state index in [4.69, 9.17) is 5.11 Å². The van der Waals surface area contributed by atoms with Crippen LogP contribution in [0.4, 0.5) is 5.82 Å². The van der Waals surface area contributed by atoms with Gasteiger partial charge in [-0.25, -0.2) is 4.98 Å². The second-order valence-electron chi connectivity index (χ2n) is 5.33. The standard InChI is InChI=1S/C15H16N2O3/c1-9(15(19)20)11-7-17(8-11)14-13-6-12(18)3-2-10(13)4-5-16-14/h2-6,9,11,18H,7-8H2,1H3,(H,19,20). The van der Waals surface area contributed by atoms with Crippen LogP contribution < -0.4 is 4.90 Å². The van der Waals surface area contributed by atoms with Crippen molar-refractivity contribution in [3.05, 3.63) is 30.5 Å². The van der Waals surface area contributed by atoms with E-state index >= 15 is 0 Å². The summed E-state index contributed by atoms with van der Waals surface area (Å²) in [4.78, 5) is 17.4. The van der Waals surface area contributed by atoms with Crippen LogP contribution in [-0.4, -0.2) is 34.3 Å². The van der Waals surface area contributed by atoms with Crippen LogP contribution in [0.15, 0.2) is 30.5 Å². The number of carboxylic acids is 1. The molecule has 1 aromatic heterocycles. The molecule has 1 saturated heterocycles. The summed E-state index contributed by atoms with van der Waals surface area (Å²) in [5.41, 5.74) is 0. The minimum Gasteiger partial charge on any atom is -0.508 e. The molecular formula is C15H16N2O3. The summed E-state index contributed by atoms with van der Waals surface area (Å²) in [6.07, 6.45) is 1.74. The molecule has 2 N–H and O–H groups in total. The number of hydrogen-bond acceptors (Lipinski definition) is 4. The van der Waals surface area contributed by atoms with Gasteiger partial charge in [0.2, 0.25) is 0 Å². The number of fused-ring (bicyclic) bond motifs is 1. The van der Waals surface area contributed by atoms with Crippen molar-refractivity contribution in [3.63, 3.8) is 0 Å². The average Bonchev–Trinajstić information content (AvgIpc) is 2.37. The van der Waals surface area contributed by atoms with Crippen LogP contribution in [0.3, 0.4) is 0 Å². The fourth-order valence-corrected chi connectivity index (χ4v) is 2.60. The third kappa shape index (κ3) is 2.05. The average molecular weight is 272 g/mol. The molecule has 3 rings (SSSR count). The van der Waals surface area contributed by atoms with E-state index in [1.54, 1.807) is 25.3 Å². The zero-order valence-electron chi connectivity index (χ0n) is 11.2. The zero-order chi connectivity index (χ0) is 14.3. The van der Waals surface area contributed by atoms with Gasteiger partial charge in [-0.05, 0) is 23.6 Å². The number of anilines is 1. The normalized spacial score (nSPS) is 16.9. The first kappa shape index (κ1) is 12.7. The van der Waals surface area contributed by atoms with Crippen LogP contribution in [0, 0.1) is 11.8 Å². The predicted octanol–water partition coefficient (Wildman–Crippen LogP) is 2.10. The molecule has 1 atom stereocenters. The Labute approximate surface area is 116 Å². The molecule has 1 aliphatic heterocycles. The highest BCUT2D eigenvalue weighted by molar-refractivity contribution is 5.93. The Kier molecular flexibility index (Phi) is 2.97. The van der Waals surface area contributed by atoms with Gasteiger partial charge in [-0.15, -0.1) is 0 Å². The molecule has 0 spiro atoms. The minimum absolute atomic E-state index is 0.155. The summed E-state index contributed by atoms with van der Waals surface area (Å²) in [5, 5.41) is 20.5. The first-order valence-electron chi connectivity index (χ1n) is 6.62. The Bertz CT molecular complexity index is 665. The molecule has 2 heterocycles. The van der Waals surface area contributed by atoms with Crippen LogP contribution in [0.2, 0.25) is 0 Å². The lowest BCUT2D eigenvalue weighted by atomic mass is 9.87. The third-order valence-electron chi connectivity index (χ3n) is 4.03. The smallest absolute Gasteiger partial charge is 0.306 e. The van der Waals surface area contributed by atoms with Gasteiger partial charge in [0.15, 0.2) is 0 Å². The molecule has 2 aromatic rings. The first-order chi connectivity index (χ1) is 9.56. The van der Waals surface area contributed by atoms with Crippen LogP contribution in [0.5, 0.6) is 5.75 Å². The molecule has 0 bridgehead atoms. The molecule has 0 amide bonds. The van der Waals surface area contributed by atoms with E-state index < -0.39 is 5.97 Å². The highest BCUT2D eigenvalue weighted by Crippen LogP contribution is 2.33. The van der Waals surface area contributed by atoms with Gasteiger partial charge in [-0.2, -0.15) is 0 Å². The molecule has 1 fully saturated rings. The van der Waals surface area contributed by atoms with Crippen molar-refractivity contribution in [2.24, 2.45) is 11.8 Å². The van der Waals surface area contributed by atoms with Crippen molar-refractivity contribution >= 4 is 22.6 Å². The Morgan fingerprint density at radius 2 is 2.15 bits per heavy atom. The molecule has 5 nitrogen and oxygen atoms in total. The van der Waals surface area contributed by atoms with Crippen LogP contribution in [0.25, 0.3) is 10.8 Å². The van der Waals surface area contributed by atoms with Gasteiger partial charge in [0.1, 0.15) is 11.6 Å². The predicted molar refractivity (Wildman–Crippen MR) is 75.9 cm³/mol. The zero-order valence-corrected chi connectivity index (χ0v) is 11.2. The number of aromatic nitrogens is 1. The van der Waals surface area contributed by atoms with E-state index in [0.717, 1.165) is 16.6 Å². The number of carbonyl (C=O) groups is 1. The molecule has 0 radical (unpaired) electrons. The molecule has 104 valence electrons. The summed E-state index contributed by atoms with van der Waals surface area (Å²) < 4.78 is 0. The van der Waals surface area contributed by atoms with Crippen LogP contribution in [0.1, 0.15) is 6.92 Å². The lowest BCUT2D eigenvalue weighted by Crippen LogP contribution is -2.51. The minimum atomic E-state index is -0.752. The lowest BCUT2D eigenvalue weighted by molar-refractivity contribution is -0.143. The molecular weight excluding hydrogens is 256 g/mol. The fourth-order valence-electron chi connectivity index (χ4n) is 2.60. The number of nitrogens with zero attached hydrogens (tertiary/aromatic N) is 2. The largest absolute Gasteiger partial charge is 0.508 e. The van der Waals surface area contributed by atoms with Gasteiger partial charge < -0.3 is 15.1 Å². The monoisotopic (exact) mass is 272 g/mol. The Morgan fingerprint density at radius 1 is 1.40 bits per heavy atom. The second kappa shape index (κ2) is 4.67. The van der Waals surface area contributed by atoms with Crippen molar-refractivity contribution in [1.82, 2.24) is 4.98 Å². The molecule has 1 aliphatic rings. The topological polar surface area (TPSA) is 73.7 Å². The fraction of sp³-hybridized carbons (Fsp3) is 0.333. The number of hydrogen-bond donors (Lipinski definition) is 2. The Balaban J connectivity index is 1.86. The van der Waals surface area contributed by atoms with E-state index in [9.17, 15) is 9.90 Å². The summed E-state index contributed by atoms with van der Waals surface area (Å²) >= 11 is 0. The van der Waals surface area contributed by atoms with E-state index in [2.05, 4.69) is 9.88 Å². The maximum atomic E-state index is 11.0. The van der Waals surface area contributed by atoms with Crippen molar-refractivity contribution in [3.8, 4) is 5.75 Å². The molecule has 1 unspecified atom stereocenters. The van der Waals surface area contributed by atoms with Crippen LogP contribution >= 0.6 is 0 Å². The maximum Gasteiger partial charge on any atom is 0.306 e. The van der Waals surface area contributed by atoms with Gasteiger partial charge in [0.05, 0.1) is 5.92 Å². The van der Waals surface area contributed by atoms with E-state index in [1.165, 1.54) is 0 Å². The quantitative estimate of drug-likeness (QED) is 0.895. The van der Waals surface area contributed by atoms with Crippen LogP contribution in [-0.2, 0) is 4.79 Å². The molecule has 0 aliphatic carbocycles.